The van der Waals surface area contributed by atoms with Gasteiger partial charge in [0.2, 0.25) is 5.91 Å². The number of aromatic nitrogens is 3. The zero-order chi connectivity index (χ0) is 11.0. The van der Waals surface area contributed by atoms with Crippen LogP contribution in [0.1, 0.15) is 25.7 Å². The van der Waals surface area contributed by atoms with Crippen molar-refractivity contribution in [2.75, 3.05) is 0 Å². The molecule has 2 aliphatic rings. The molecule has 0 aromatic carbocycles. The fourth-order valence-corrected chi connectivity index (χ4v) is 2.22. The average molecular weight is 220 g/mol. The molecule has 1 amide bonds. The highest BCUT2D eigenvalue weighted by Gasteiger charge is 2.42. The minimum atomic E-state index is 0.0642. The van der Waals surface area contributed by atoms with Crippen molar-refractivity contribution >= 4 is 5.91 Å². The Bertz CT molecular complexity index is 355. The molecule has 0 unspecified atom stereocenters. The Labute approximate surface area is 94.2 Å². The van der Waals surface area contributed by atoms with Gasteiger partial charge in [0.05, 0.1) is 0 Å². The lowest BCUT2D eigenvalue weighted by atomic mass is 10.1. The van der Waals surface area contributed by atoms with Crippen molar-refractivity contribution in [2.45, 2.75) is 38.3 Å². The predicted molar refractivity (Wildman–Crippen MR) is 57.4 cm³/mol. The summed E-state index contributed by atoms with van der Waals surface area (Å²) in [6, 6.07) is 0.427. The second kappa shape index (κ2) is 3.88. The van der Waals surface area contributed by atoms with Gasteiger partial charge >= 0.3 is 0 Å². The van der Waals surface area contributed by atoms with Crippen LogP contribution in [0.4, 0.5) is 0 Å². The number of carbonyl (C=O) groups excluding carboxylic acids is 1. The Hall–Kier alpha value is -1.39. The molecule has 3 rings (SSSR count). The van der Waals surface area contributed by atoms with E-state index in [0.29, 0.717) is 6.04 Å². The number of nitrogens with zero attached hydrogens (tertiary/aromatic N) is 3. The van der Waals surface area contributed by atoms with Crippen molar-refractivity contribution in [3.63, 3.8) is 0 Å². The van der Waals surface area contributed by atoms with E-state index in [4.69, 9.17) is 0 Å². The molecule has 1 heterocycles. The second-order valence-corrected chi connectivity index (χ2v) is 4.86. The van der Waals surface area contributed by atoms with E-state index < -0.39 is 0 Å². The fourth-order valence-electron chi connectivity index (χ4n) is 2.22. The van der Waals surface area contributed by atoms with Gasteiger partial charge in [-0.25, -0.2) is 9.67 Å². The molecular formula is C11H16N4O. The van der Waals surface area contributed by atoms with Crippen LogP contribution in [0, 0.1) is 11.8 Å². The van der Waals surface area contributed by atoms with E-state index in [1.54, 1.807) is 11.0 Å². The summed E-state index contributed by atoms with van der Waals surface area (Å²) in [5.74, 6) is 1.55. The van der Waals surface area contributed by atoms with Gasteiger partial charge in [-0.3, -0.25) is 4.79 Å². The maximum Gasteiger partial charge on any atom is 0.242 e. The minimum Gasteiger partial charge on any atom is -0.351 e. The van der Waals surface area contributed by atoms with E-state index >= 15 is 0 Å². The van der Waals surface area contributed by atoms with Crippen molar-refractivity contribution in [3.8, 4) is 0 Å². The molecular weight excluding hydrogens is 204 g/mol. The number of hydrogen-bond donors (Lipinski definition) is 1. The molecule has 0 bridgehead atoms. The van der Waals surface area contributed by atoms with Gasteiger partial charge in [0.25, 0.3) is 0 Å². The first-order valence-electron chi connectivity index (χ1n) is 5.95. The zero-order valence-electron chi connectivity index (χ0n) is 9.17. The average Bonchev–Trinajstić information content (AvgIpc) is 3.17. The molecule has 0 radical (unpaired) electrons. The van der Waals surface area contributed by atoms with Crippen LogP contribution in [0.25, 0.3) is 0 Å². The van der Waals surface area contributed by atoms with E-state index in [-0.39, 0.29) is 12.5 Å². The van der Waals surface area contributed by atoms with E-state index in [2.05, 4.69) is 15.4 Å². The maximum atomic E-state index is 11.8. The van der Waals surface area contributed by atoms with Crippen LogP contribution in [0.2, 0.25) is 0 Å². The first kappa shape index (κ1) is 9.81. The third kappa shape index (κ3) is 2.23. The first-order chi connectivity index (χ1) is 7.83. The normalized spacial score (nSPS) is 20.1. The van der Waals surface area contributed by atoms with Gasteiger partial charge in [0.15, 0.2) is 0 Å². The van der Waals surface area contributed by atoms with Gasteiger partial charge in [0, 0.05) is 6.04 Å². The Morgan fingerprint density at radius 3 is 2.56 bits per heavy atom. The van der Waals surface area contributed by atoms with Crippen LogP contribution >= 0.6 is 0 Å². The van der Waals surface area contributed by atoms with E-state index in [1.165, 1.54) is 32.0 Å². The molecule has 2 fully saturated rings. The van der Waals surface area contributed by atoms with Crippen molar-refractivity contribution in [1.29, 1.82) is 0 Å². The lowest BCUT2D eigenvalue weighted by molar-refractivity contribution is -0.122. The molecule has 1 aromatic rings. The van der Waals surface area contributed by atoms with Crippen molar-refractivity contribution < 1.29 is 4.79 Å². The lowest BCUT2D eigenvalue weighted by Crippen LogP contribution is -2.40. The van der Waals surface area contributed by atoms with Gasteiger partial charge in [-0.05, 0) is 37.5 Å². The summed E-state index contributed by atoms with van der Waals surface area (Å²) in [6.07, 6.45) is 8.15. The molecule has 2 aliphatic carbocycles. The molecule has 5 heteroatoms. The summed E-state index contributed by atoms with van der Waals surface area (Å²) in [7, 11) is 0. The molecule has 1 N–H and O–H groups in total. The number of amides is 1. The summed E-state index contributed by atoms with van der Waals surface area (Å²) >= 11 is 0. The Morgan fingerprint density at radius 2 is 2.06 bits per heavy atom. The molecule has 2 saturated carbocycles. The highest BCUT2D eigenvalue weighted by molar-refractivity contribution is 5.76. The highest BCUT2D eigenvalue weighted by atomic mass is 16.2. The number of rotatable bonds is 5. The Balaban J connectivity index is 1.54. The minimum absolute atomic E-state index is 0.0642. The first-order valence-corrected chi connectivity index (χ1v) is 5.95. The molecule has 0 atom stereocenters. The van der Waals surface area contributed by atoms with Crippen LogP contribution in [0.5, 0.6) is 0 Å². The molecule has 1 aromatic heterocycles. The van der Waals surface area contributed by atoms with Gasteiger partial charge in [-0.1, -0.05) is 0 Å². The fraction of sp³-hybridized carbons (Fsp3) is 0.727. The quantitative estimate of drug-likeness (QED) is 0.789. The summed E-state index contributed by atoms with van der Waals surface area (Å²) in [4.78, 5) is 15.6. The van der Waals surface area contributed by atoms with Crippen molar-refractivity contribution in [2.24, 2.45) is 11.8 Å². The monoisotopic (exact) mass is 220 g/mol. The van der Waals surface area contributed by atoms with E-state index in [9.17, 15) is 4.79 Å². The SMILES string of the molecule is O=C(Cn1cncn1)NC(C1CC1)C1CC1. The Morgan fingerprint density at radius 1 is 1.38 bits per heavy atom. The summed E-state index contributed by atoms with van der Waals surface area (Å²) in [5, 5.41) is 7.08. The third-order valence-corrected chi connectivity index (χ3v) is 3.36. The van der Waals surface area contributed by atoms with Gasteiger partial charge < -0.3 is 5.32 Å². The molecule has 0 spiro atoms. The van der Waals surface area contributed by atoms with Crippen molar-refractivity contribution in [3.05, 3.63) is 12.7 Å². The third-order valence-electron chi connectivity index (χ3n) is 3.36. The summed E-state index contributed by atoms with van der Waals surface area (Å²) < 4.78 is 1.56. The number of hydrogen-bond acceptors (Lipinski definition) is 3. The van der Waals surface area contributed by atoms with Crippen LogP contribution in [-0.4, -0.2) is 26.7 Å². The topological polar surface area (TPSA) is 59.8 Å². The van der Waals surface area contributed by atoms with Crippen LogP contribution < -0.4 is 5.32 Å². The van der Waals surface area contributed by atoms with E-state index in [0.717, 1.165) is 11.8 Å². The Kier molecular flexibility index (Phi) is 2.38. The maximum absolute atomic E-state index is 11.8. The van der Waals surface area contributed by atoms with Gasteiger partial charge in [-0.2, -0.15) is 5.10 Å². The predicted octanol–water partition coefficient (Wildman–Crippen LogP) is 0.583. The molecule has 5 nitrogen and oxygen atoms in total. The summed E-state index contributed by atoms with van der Waals surface area (Å²) in [5.41, 5.74) is 0. The molecule has 86 valence electrons. The second-order valence-electron chi connectivity index (χ2n) is 4.86. The smallest absolute Gasteiger partial charge is 0.242 e. The molecule has 0 aliphatic heterocycles. The number of nitrogens with one attached hydrogen (secondary N) is 1. The highest BCUT2D eigenvalue weighted by Crippen LogP contribution is 2.44. The molecule has 0 saturated heterocycles. The van der Waals surface area contributed by atoms with Gasteiger partial charge in [0.1, 0.15) is 19.2 Å². The van der Waals surface area contributed by atoms with Crippen molar-refractivity contribution in [1.82, 2.24) is 20.1 Å². The van der Waals surface area contributed by atoms with Crippen LogP contribution in [0.15, 0.2) is 12.7 Å². The standard InChI is InChI=1S/C11H16N4O/c16-10(5-15-7-12-6-13-15)14-11(8-1-2-8)9-3-4-9/h6-9,11H,1-5H2,(H,14,16). The number of carbonyl (C=O) groups is 1. The van der Waals surface area contributed by atoms with Gasteiger partial charge in [-0.15, -0.1) is 0 Å². The van der Waals surface area contributed by atoms with Crippen LogP contribution in [0.3, 0.4) is 0 Å². The van der Waals surface area contributed by atoms with Crippen LogP contribution in [-0.2, 0) is 11.3 Å². The largest absolute Gasteiger partial charge is 0.351 e. The lowest BCUT2D eigenvalue weighted by Gasteiger charge is -2.17. The zero-order valence-corrected chi connectivity index (χ0v) is 9.17. The summed E-state index contributed by atoms with van der Waals surface area (Å²) in [6.45, 7) is 0.288. The van der Waals surface area contributed by atoms with E-state index in [1.807, 2.05) is 0 Å². The molecule has 16 heavy (non-hydrogen) atoms.